The van der Waals surface area contributed by atoms with Crippen molar-refractivity contribution in [3.05, 3.63) is 65.4 Å². The van der Waals surface area contributed by atoms with Crippen LogP contribution >= 0.6 is 0 Å². The van der Waals surface area contributed by atoms with Crippen LogP contribution in [0.4, 0.5) is 18.9 Å². The van der Waals surface area contributed by atoms with E-state index < -0.39 is 11.7 Å². The summed E-state index contributed by atoms with van der Waals surface area (Å²) in [7, 11) is 0. The number of halogens is 3. The van der Waals surface area contributed by atoms with Crippen LogP contribution in [-0.2, 0) is 17.4 Å². The summed E-state index contributed by atoms with van der Waals surface area (Å²) in [6.45, 7) is 2.12. The second-order valence-corrected chi connectivity index (χ2v) is 8.26. The molecule has 1 unspecified atom stereocenters. The number of carbonyl (C=O) groups is 1. The zero-order valence-electron chi connectivity index (χ0n) is 16.9. The van der Waals surface area contributed by atoms with Crippen molar-refractivity contribution in [1.29, 1.82) is 0 Å². The Morgan fingerprint density at radius 2 is 1.90 bits per heavy atom. The molecular formula is C24H25F3N2O. The standard InChI is InChI=1S/C24H25F3N2O/c1-15(5-6-16-7-10-19(11-8-16)24(25,26)27)18-9-12-21-20(13-18)22(14-28-21)29-23(30)17-3-2-4-17/h7-15,17,28H,2-6H2,1H3,(H,29,30). The lowest BCUT2D eigenvalue weighted by atomic mass is 9.85. The van der Waals surface area contributed by atoms with E-state index in [2.05, 4.69) is 29.4 Å². The number of aromatic amines is 1. The first kappa shape index (κ1) is 20.5. The number of carbonyl (C=O) groups excluding carboxylic acids is 1. The summed E-state index contributed by atoms with van der Waals surface area (Å²) in [4.78, 5) is 15.5. The number of anilines is 1. The molecule has 1 aliphatic rings. The summed E-state index contributed by atoms with van der Waals surface area (Å²) in [6, 6.07) is 11.6. The Labute approximate surface area is 173 Å². The second kappa shape index (κ2) is 8.17. The Kier molecular flexibility index (Phi) is 5.58. The maximum absolute atomic E-state index is 12.7. The van der Waals surface area contributed by atoms with Crippen LogP contribution in [0.1, 0.15) is 55.2 Å². The van der Waals surface area contributed by atoms with E-state index in [4.69, 9.17) is 0 Å². The first-order chi connectivity index (χ1) is 14.3. The Morgan fingerprint density at radius 3 is 2.53 bits per heavy atom. The van der Waals surface area contributed by atoms with Gasteiger partial charge in [0, 0.05) is 23.0 Å². The highest BCUT2D eigenvalue weighted by Crippen LogP contribution is 2.32. The topological polar surface area (TPSA) is 44.9 Å². The summed E-state index contributed by atoms with van der Waals surface area (Å²) in [5, 5.41) is 4.03. The number of alkyl halides is 3. The van der Waals surface area contributed by atoms with Crippen molar-refractivity contribution in [1.82, 2.24) is 4.98 Å². The highest BCUT2D eigenvalue weighted by atomic mass is 19.4. The molecule has 1 heterocycles. The molecule has 1 fully saturated rings. The summed E-state index contributed by atoms with van der Waals surface area (Å²) >= 11 is 0. The quantitative estimate of drug-likeness (QED) is 0.465. The van der Waals surface area contributed by atoms with Crippen LogP contribution in [0.5, 0.6) is 0 Å². The van der Waals surface area contributed by atoms with Crippen LogP contribution in [0.2, 0.25) is 0 Å². The zero-order chi connectivity index (χ0) is 21.3. The molecule has 1 amide bonds. The third kappa shape index (κ3) is 4.37. The SMILES string of the molecule is CC(CCc1ccc(C(F)(F)F)cc1)c1ccc2[nH]cc(NC(=O)C3CCC3)c2c1. The number of nitrogens with one attached hydrogen (secondary N) is 2. The molecule has 1 aliphatic carbocycles. The van der Waals surface area contributed by atoms with Gasteiger partial charge >= 0.3 is 6.18 Å². The van der Waals surface area contributed by atoms with Gasteiger partial charge in [0.05, 0.1) is 11.3 Å². The average Bonchev–Trinajstić information content (AvgIpc) is 3.06. The van der Waals surface area contributed by atoms with Crippen molar-refractivity contribution >= 4 is 22.5 Å². The van der Waals surface area contributed by atoms with E-state index in [0.717, 1.165) is 65.5 Å². The van der Waals surface area contributed by atoms with Crippen molar-refractivity contribution in [2.45, 2.75) is 51.1 Å². The molecule has 1 saturated carbocycles. The summed E-state index contributed by atoms with van der Waals surface area (Å²) in [6.07, 6.45) is 2.09. The number of hydrogen-bond acceptors (Lipinski definition) is 1. The normalized spacial score (nSPS) is 15.7. The van der Waals surface area contributed by atoms with Gasteiger partial charge in [-0.15, -0.1) is 0 Å². The molecule has 1 aromatic heterocycles. The van der Waals surface area contributed by atoms with E-state index in [0.29, 0.717) is 6.42 Å². The molecular weight excluding hydrogens is 389 g/mol. The zero-order valence-corrected chi connectivity index (χ0v) is 16.9. The van der Waals surface area contributed by atoms with Gasteiger partial charge in [-0.3, -0.25) is 4.79 Å². The smallest absolute Gasteiger partial charge is 0.359 e. The second-order valence-electron chi connectivity index (χ2n) is 8.26. The molecule has 2 aromatic carbocycles. The van der Waals surface area contributed by atoms with Gasteiger partial charge in [-0.2, -0.15) is 13.2 Å². The fraction of sp³-hybridized carbons (Fsp3) is 0.375. The first-order valence-corrected chi connectivity index (χ1v) is 10.4. The van der Waals surface area contributed by atoms with Crippen molar-refractivity contribution < 1.29 is 18.0 Å². The Bertz CT molecular complexity index is 1030. The third-order valence-corrected chi connectivity index (χ3v) is 6.16. The highest BCUT2D eigenvalue weighted by molar-refractivity contribution is 6.02. The number of hydrogen-bond donors (Lipinski definition) is 2. The Balaban J connectivity index is 1.43. The van der Waals surface area contributed by atoms with Gasteiger partial charge in [0.2, 0.25) is 5.91 Å². The molecule has 0 bridgehead atoms. The van der Waals surface area contributed by atoms with E-state index in [9.17, 15) is 18.0 Å². The van der Waals surface area contributed by atoms with Gasteiger partial charge in [-0.05, 0) is 67.0 Å². The molecule has 3 aromatic rings. The number of benzene rings is 2. The van der Waals surface area contributed by atoms with Crippen molar-refractivity contribution in [2.24, 2.45) is 5.92 Å². The molecule has 6 heteroatoms. The monoisotopic (exact) mass is 414 g/mol. The van der Waals surface area contributed by atoms with Crippen LogP contribution in [0.15, 0.2) is 48.7 Å². The van der Waals surface area contributed by atoms with Crippen molar-refractivity contribution in [3.63, 3.8) is 0 Å². The third-order valence-electron chi connectivity index (χ3n) is 6.16. The number of H-pyrrole nitrogens is 1. The van der Waals surface area contributed by atoms with E-state index >= 15 is 0 Å². The maximum atomic E-state index is 12.7. The highest BCUT2D eigenvalue weighted by Gasteiger charge is 2.30. The summed E-state index contributed by atoms with van der Waals surface area (Å²) in [5.41, 5.74) is 3.20. The minimum absolute atomic E-state index is 0.0860. The number of rotatable bonds is 6. The molecule has 0 spiro atoms. The molecule has 0 radical (unpaired) electrons. The van der Waals surface area contributed by atoms with E-state index in [1.807, 2.05) is 12.3 Å². The van der Waals surface area contributed by atoms with Crippen LogP contribution in [0.3, 0.4) is 0 Å². The maximum Gasteiger partial charge on any atom is 0.416 e. The molecule has 158 valence electrons. The van der Waals surface area contributed by atoms with Crippen LogP contribution in [0, 0.1) is 5.92 Å². The number of aryl methyl sites for hydroxylation is 1. The first-order valence-electron chi connectivity index (χ1n) is 10.4. The van der Waals surface area contributed by atoms with Crippen LogP contribution in [0.25, 0.3) is 10.9 Å². The largest absolute Gasteiger partial charge is 0.416 e. The summed E-state index contributed by atoms with van der Waals surface area (Å²) < 4.78 is 38.1. The lowest BCUT2D eigenvalue weighted by molar-refractivity contribution is -0.137. The van der Waals surface area contributed by atoms with Gasteiger partial charge in [0.1, 0.15) is 0 Å². The lowest BCUT2D eigenvalue weighted by Crippen LogP contribution is -2.27. The van der Waals surface area contributed by atoms with Gasteiger partial charge < -0.3 is 10.3 Å². The van der Waals surface area contributed by atoms with Gasteiger partial charge in [0.15, 0.2) is 0 Å². The molecule has 3 nitrogen and oxygen atoms in total. The molecule has 2 N–H and O–H groups in total. The van der Waals surface area contributed by atoms with Gasteiger partial charge in [0.25, 0.3) is 0 Å². The van der Waals surface area contributed by atoms with Crippen molar-refractivity contribution in [2.75, 3.05) is 5.32 Å². The van der Waals surface area contributed by atoms with E-state index in [-0.39, 0.29) is 17.7 Å². The fourth-order valence-electron chi connectivity index (χ4n) is 3.86. The van der Waals surface area contributed by atoms with Gasteiger partial charge in [-0.1, -0.05) is 31.5 Å². The number of fused-ring (bicyclic) bond motifs is 1. The van der Waals surface area contributed by atoms with Gasteiger partial charge in [-0.25, -0.2) is 0 Å². The summed E-state index contributed by atoms with van der Waals surface area (Å²) in [5.74, 6) is 0.450. The Hall–Kier alpha value is -2.76. The minimum atomic E-state index is -4.30. The van der Waals surface area contributed by atoms with Crippen LogP contribution < -0.4 is 5.32 Å². The molecule has 0 saturated heterocycles. The van der Waals surface area contributed by atoms with E-state index in [1.54, 1.807) is 12.1 Å². The molecule has 30 heavy (non-hydrogen) atoms. The number of aromatic nitrogens is 1. The molecule has 0 aliphatic heterocycles. The minimum Gasteiger partial charge on any atom is -0.359 e. The van der Waals surface area contributed by atoms with E-state index in [1.165, 1.54) is 0 Å². The lowest BCUT2D eigenvalue weighted by Gasteiger charge is -2.23. The Morgan fingerprint density at radius 1 is 1.17 bits per heavy atom. The number of amides is 1. The molecule has 4 rings (SSSR count). The fourth-order valence-corrected chi connectivity index (χ4v) is 3.86. The van der Waals surface area contributed by atoms with Crippen molar-refractivity contribution in [3.8, 4) is 0 Å². The van der Waals surface area contributed by atoms with Crippen LogP contribution in [-0.4, -0.2) is 10.9 Å². The predicted molar refractivity (Wildman–Crippen MR) is 112 cm³/mol. The molecule has 1 atom stereocenters. The predicted octanol–water partition coefficient (Wildman–Crippen LogP) is 6.66. The average molecular weight is 414 g/mol.